The molecule has 1 aromatic heterocycles. The van der Waals surface area contributed by atoms with E-state index in [9.17, 15) is 19.8 Å². The van der Waals surface area contributed by atoms with Gasteiger partial charge in [0.1, 0.15) is 28.6 Å². The van der Waals surface area contributed by atoms with Crippen LogP contribution in [0.25, 0.3) is 22.5 Å². The van der Waals surface area contributed by atoms with Crippen molar-refractivity contribution in [3.63, 3.8) is 0 Å². The molecule has 0 radical (unpaired) electrons. The number of carbonyl (C=O) groups excluding carboxylic acids is 2. The van der Waals surface area contributed by atoms with Crippen LogP contribution in [0.2, 0.25) is 0 Å². The van der Waals surface area contributed by atoms with Crippen molar-refractivity contribution in [2.45, 2.75) is 25.4 Å². The number of hydrogen-bond acceptors (Lipinski definition) is 9. The Morgan fingerprint density at radius 2 is 1.50 bits per heavy atom. The average molecular weight is 531 g/mol. The fraction of sp³-hybridized carbons (Fsp3) is 0.179. The first-order valence-electron chi connectivity index (χ1n) is 11.9. The van der Waals surface area contributed by atoms with Gasteiger partial charge in [-0.1, -0.05) is 18.7 Å². The zero-order chi connectivity index (χ0) is 27.1. The number of thioether (sulfide) groups is 1. The van der Waals surface area contributed by atoms with Gasteiger partial charge in [0, 0.05) is 23.1 Å². The van der Waals surface area contributed by atoms with Crippen molar-refractivity contribution < 1.29 is 24.5 Å². The Morgan fingerprint density at radius 1 is 0.868 bits per heavy atom. The number of ketones is 1. The van der Waals surface area contributed by atoms with Crippen molar-refractivity contribution in [3.05, 3.63) is 72.3 Å². The lowest BCUT2D eigenvalue weighted by Gasteiger charge is -2.13. The van der Waals surface area contributed by atoms with E-state index in [1.807, 2.05) is 6.92 Å². The molecule has 9 nitrogen and oxygen atoms in total. The van der Waals surface area contributed by atoms with Crippen LogP contribution < -0.4 is 10.1 Å². The summed E-state index contributed by atoms with van der Waals surface area (Å²) >= 11 is 1.14. The zero-order valence-corrected chi connectivity index (χ0v) is 21.7. The van der Waals surface area contributed by atoms with Crippen LogP contribution in [0.4, 0.5) is 5.69 Å². The number of carbonyl (C=O) groups is 2. The lowest BCUT2D eigenvalue weighted by atomic mass is 10.0. The van der Waals surface area contributed by atoms with Crippen LogP contribution in [0.15, 0.2) is 71.9 Å². The first kappa shape index (κ1) is 26.6. The van der Waals surface area contributed by atoms with Crippen LogP contribution in [0.5, 0.6) is 17.2 Å². The van der Waals surface area contributed by atoms with Crippen LogP contribution in [0, 0.1) is 0 Å². The molecule has 194 valence electrons. The van der Waals surface area contributed by atoms with Gasteiger partial charge >= 0.3 is 0 Å². The number of benzene rings is 3. The minimum Gasteiger partial charge on any atom is -0.508 e. The van der Waals surface area contributed by atoms with E-state index in [4.69, 9.17) is 4.74 Å². The van der Waals surface area contributed by atoms with Gasteiger partial charge in [0.2, 0.25) is 11.1 Å². The average Bonchev–Trinajstić information content (AvgIpc) is 2.93. The minimum atomic E-state index is -0.181. The van der Waals surface area contributed by atoms with E-state index in [0.717, 1.165) is 11.8 Å². The number of amides is 1. The number of ether oxygens (including phenoxy) is 1. The number of phenolic OH excluding ortho intramolecular Hbond substituents is 2. The molecule has 0 saturated carbocycles. The standard InChI is InChI=1S/C28H26N4O5S/c1-3-25(36)29-22-15-19(9-14-24(22)37-4-2)23(35)16-38-28-30-26(17-5-10-20(33)11-6-17)27(31-32-28)18-7-12-21(34)13-8-18/h5-15,33-34H,3-4,16H2,1-2H3,(H,29,36). The maximum absolute atomic E-state index is 13.0. The molecule has 0 bridgehead atoms. The summed E-state index contributed by atoms with van der Waals surface area (Å²) in [5.74, 6) is 0.423. The third-order valence-electron chi connectivity index (χ3n) is 5.48. The molecule has 0 spiro atoms. The third kappa shape index (κ3) is 6.46. The summed E-state index contributed by atoms with van der Waals surface area (Å²) in [5.41, 5.74) is 3.28. The number of hydrogen-bond donors (Lipinski definition) is 3. The molecule has 0 aliphatic rings. The number of nitrogens with zero attached hydrogens (tertiary/aromatic N) is 3. The van der Waals surface area contributed by atoms with E-state index in [2.05, 4.69) is 20.5 Å². The monoisotopic (exact) mass is 530 g/mol. The first-order valence-corrected chi connectivity index (χ1v) is 12.9. The molecule has 0 saturated heterocycles. The van der Waals surface area contributed by atoms with Crippen molar-refractivity contribution in [1.29, 1.82) is 0 Å². The van der Waals surface area contributed by atoms with E-state index in [1.165, 1.54) is 0 Å². The van der Waals surface area contributed by atoms with Crippen LogP contribution in [0.3, 0.4) is 0 Å². The zero-order valence-electron chi connectivity index (χ0n) is 20.8. The molecule has 1 amide bonds. The second-order valence-corrected chi connectivity index (χ2v) is 9.09. The minimum absolute atomic E-state index is 0.0460. The smallest absolute Gasteiger partial charge is 0.224 e. The fourth-order valence-electron chi connectivity index (χ4n) is 3.54. The third-order valence-corrected chi connectivity index (χ3v) is 6.32. The molecule has 0 aliphatic carbocycles. The van der Waals surface area contributed by atoms with Crippen LogP contribution in [-0.4, -0.2) is 49.4 Å². The fourth-order valence-corrected chi connectivity index (χ4v) is 4.22. The molecule has 0 unspecified atom stereocenters. The summed E-state index contributed by atoms with van der Waals surface area (Å²) in [6.07, 6.45) is 0.299. The second kappa shape index (κ2) is 12.2. The highest BCUT2D eigenvalue weighted by Crippen LogP contribution is 2.32. The van der Waals surface area contributed by atoms with Crippen molar-refractivity contribution >= 4 is 29.1 Å². The Bertz CT molecular complexity index is 1440. The van der Waals surface area contributed by atoms with Crippen molar-refractivity contribution in [1.82, 2.24) is 15.2 Å². The van der Waals surface area contributed by atoms with E-state index in [0.29, 0.717) is 57.7 Å². The van der Waals surface area contributed by atoms with E-state index in [-0.39, 0.29) is 28.9 Å². The van der Waals surface area contributed by atoms with Crippen molar-refractivity contribution in [3.8, 4) is 39.8 Å². The predicted molar refractivity (Wildman–Crippen MR) is 146 cm³/mol. The Morgan fingerprint density at radius 3 is 2.11 bits per heavy atom. The normalized spacial score (nSPS) is 10.7. The van der Waals surface area contributed by atoms with Crippen LogP contribution in [-0.2, 0) is 4.79 Å². The summed E-state index contributed by atoms with van der Waals surface area (Å²) < 4.78 is 5.57. The lowest BCUT2D eigenvalue weighted by molar-refractivity contribution is -0.115. The molecule has 0 fully saturated rings. The Hall–Kier alpha value is -4.44. The highest BCUT2D eigenvalue weighted by atomic mass is 32.2. The van der Waals surface area contributed by atoms with Gasteiger partial charge in [0.05, 0.1) is 18.0 Å². The number of aromatic hydroxyl groups is 2. The number of nitrogens with one attached hydrogen (secondary N) is 1. The van der Waals surface area contributed by atoms with Crippen molar-refractivity contribution in [2.24, 2.45) is 0 Å². The highest BCUT2D eigenvalue weighted by Gasteiger charge is 2.17. The van der Waals surface area contributed by atoms with Crippen LogP contribution in [0.1, 0.15) is 30.6 Å². The highest BCUT2D eigenvalue weighted by molar-refractivity contribution is 7.99. The summed E-state index contributed by atoms with van der Waals surface area (Å²) in [6, 6.07) is 18.0. The summed E-state index contributed by atoms with van der Waals surface area (Å²) in [6.45, 7) is 4.01. The molecule has 10 heteroatoms. The van der Waals surface area contributed by atoms with Gasteiger partial charge in [-0.15, -0.1) is 10.2 Å². The molecule has 3 aromatic carbocycles. The topological polar surface area (TPSA) is 135 Å². The van der Waals surface area contributed by atoms with Gasteiger partial charge in [0.25, 0.3) is 0 Å². The molecule has 3 N–H and O–H groups in total. The first-order chi connectivity index (χ1) is 18.4. The second-order valence-electron chi connectivity index (χ2n) is 8.14. The van der Waals surface area contributed by atoms with Crippen LogP contribution >= 0.6 is 11.8 Å². The van der Waals surface area contributed by atoms with Gasteiger partial charge in [-0.05, 0) is 73.7 Å². The summed E-state index contributed by atoms with van der Waals surface area (Å²) in [5, 5.41) is 31.0. The number of rotatable bonds is 10. The Labute approximate surface area is 223 Å². The summed E-state index contributed by atoms with van der Waals surface area (Å²) in [7, 11) is 0. The molecular weight excluding hydrogens is 504 g/mol. The molecule has 4 aromatic rings. The summed E-state index contributed by atoms with van der Waals surface area (Å²) in [4.78, 5) is 29.6. The Kier molecular flexibility index (Phi) is 8.55. The van der Waals surface area contributed by atoms with Gasteiger partial charge in [-0.2, -0.15) is 0 Å². The predicted octanol–water partition coefficient (Wildman–Crippen LogP) is 5.34. The number of anilines is 1. The van der Waals surface area contributed by atoms with Gasteiger partial charge < -0.3 is 20.3 Å². The number of phenols is 2. The Balaban J connectivity index is 1.59. The van der Waals surface area contributed by atoms with E-state index >= 15 is 0 Å². The largest absolute Gasteiger partial charge is 0.508 e. The van der Waals surface area contributed by atoms with Crippen molar-refractivity contribution in [2.75, 3.05) is 17.7 Å². The number of Topliss-reactive ketones (excluding diaryl/α,β-unsaturated/α-hetero) is 1. The number of aromatic nitrogens is 3. The molecule has 1 heterocycles. The molecular formula is C28H26N4O5S. The molecule has 38 heavy (non-hydrogen) atoms. The maximum Gasteiger partial charge on any atom is 0.224 e. The van der Waals surface area contributed by atoms with Gasteiger partial charge in [-0.25, -0.2) is 4.98 Å². The van der Waals surface area contributed by atoms with E-state index in [1.54, 1.807) is 73.7 Å². The maximum atomic E-state index is 13.0. The quantitative estimate of drug-likeness (QED) is 0.183. The molecule has 0 atom stereocenters. The molecule has 0 aliphatic heterocycles. The van der Waals surface area contributed by atoms with Gasteiger partial charge in [0.15, 0.2) is 5.78 Å². The SMILES string of the molecule is CCOc1ccc(C(=O)CSc2nnc(-c3ccc(O)cc3)c(-c3ccc(O)cc3)n2)cc1NC(=O)CC. The van der Waals surface area contributed by atoms with Gasteiger partial charge in [-0.3, -0.25) is 9.59 Å². The molecule has 4 rings (SSSR count). The lowest BCUT2D eigenvalue weighted by Crippen LogP contribution is -2.12. The van der Waals surface area contributed by atoms with E-state index < -0.39 is 0 Å².